The lowest BCUT2D eigenvalue weighted by Crippen LogP contribution is -2.05. The highest BCUT2D eigenvalue weighted by molar-refractivity contribution is 9.10. The fourth-order valence-electron chi connectivity index (χ4n) is 1.50. The van der Waals surface area contributed by atoms with Crippen LogP contribution < -0.4 is 9.47 Å². The second-order valence-corrected chi connectivity index (χ2v) is 4.65. The summed E-state index contributed by atoms with van der Waals surface area (Å²) in [5.41, 5.74) is 0.727. The quantitative estimate of drug-likeness (QED) is 0.613. The number of carbonyl (C=O) groups excluding carboxylic acids is 1. The minimum Gasteiger partial charge on any atom is -0.493 e. The third kappa shape index (κ3) is 4.72. The molecule has 106 valence electrons. The summed E-state index contributed by atoms with van der Waals surface area (Å²) in [6, 6.07) is 3.47. The standard InChI is InChI=1S/C13H17BrO5/c1-17-11-7-9(8-15)6-10(14)13(11)19-5-3-4-12(16)18-2/h6-7,15H,3-5,8H2,1-2H3. The number of carbonyl (C=O) groups is 1. The van der Waals surface area contributed by atoms with Crippen molar-refractivity contribution >= 4 is 21.9 Å². The monoisotopic (exact) mass is 332 g/mol. The van der Waals surface area contributed by atoms with Crippen molar-refractivity contribution < 1.29 is 24.1 Å². The van der Waals surface area contributed by atoms with Crippen LogP contribution in [0.25, 0.3) is 0 Å². The number of rotatable bonds is 7. The van der Waals surface area contributed by atoms with E-state index in [1.807, 2.05) is 0 Å². The van der Waals surface area contributed by atoms with Gasteiger partial charge in [0.1, 0.15) is 0 Å². The zero-order valence-electron chi connectivity index (χ0n) is 10.9. The van der Waals surface area contributed by atoms with Crippen LogP contribution in [0.2, 0.25) is 0 Å². The van der Waals surface area contributed by atoms with Gasteiger partial charge in [-0.05, 0) is 40.0 Å². The van der Waals surface area contributed by atoms with Crippen molar-refractivity contribution in [2.75, 3.05) is 20.8 Å². The lowest BCUT2D eigenvalue weighted by molar-refractivity contribution is -0.140. The van der Waals surface area contributed by atoms with Crippen molar-refractivity contribution in [1.29, 1.82) is 0 Å². The van der Waals surface area contributed by atoms with E-state index in [-0.39, 0.29) is 12.6 Å². The summed E-state index contributed by atoms with van der Waals surface area (Å²) in [4.78, 5) is 11.0. The minimum atomic E-state index is -0.259. The molecule has 0 unspecified atom stereocenters. The van der Waals surface area contributed by atoms with E-state index < -0.39 is 0 Å². The van der Waals surface area contributed by atoms with Crippen molar-refractivity contribution in [3.8, 4) is 11.5 Å². The molecule has 0 amide bonds. The van der Waals surface area contributed by atoms with Gasteiger partial charge in [0.15, 0.2) is 11.5 Å². The van der Waals surface area contributed by atoms with Crippen LogP contribution in [0.4, 0.5) is 0 Å². The highest BCUT2D eigenvalue weighted by Gasteiger charge is 2.11. The van der Waals surface area contributed by atoms with Crippen molar-refractivity contribution in [3.63, 3.8) is 0 Å². The molecule has 0 radical (unpaired) electrons. The highest BCUT2D eigenvalue weighted by atomic mass is 79.9. The first kappa shape index (κ1) is 15.8. The van der Waals surface area contributed by atoms with Gasteiger partial charge in [0.05, 0.1) is 31.9 Å². The normalized spacial score (nSPS) is 10.1. The van der Waals surface area contributed by atoms with Crippen LogP contribution in [0.3, 0.4) is 0 Å². The Morgan fingerprint density at radius 3 is 2.68 bits per heavy atom. The van der Waals surface area contributed by atoms with Gasteiger partial charge >= 0.3 is 5.97 Å². The smallest absolute Gasteiger partial charge is 0.305 e. The minimum absolute atomic E-state index is 0.0718. The van der Waals surface area contributed by atoms with Gasteiger partial charge in [0.25, 0.3) is 0 Å². The van der Waals surface area contributed by atoms with Gasteiger partial charge < -0.3 is 19.3 Å². The van der Waals surface area contributed by atoms with Crippen LogP contribution in [0.15, 0.2) is 16.6 Å². The molecule has 19 heavy (non-hydrogen) atoms. The first-order chi connectivity index (χ1) is 9.12. The summed E-state index contributed by atoms with van der Waals surface area (Å²) in [6.07, 6.45) is 0.870. The molecule has 1 aromatic carbocycles. The summed E-state index contributed by atoms with van der Waals surface area (Å²) >= 11 is 3.37. The maximum atomic E-state index is 11.0. The summed E-state index contributed by atoms with van der Waals surface area (Å²) in [5, 5.41) is 9.11. The van der Waals surface area contributed by atoms with E-state index in [1.54, 1.807) is 12.1 Å². The molecule has 0 aliphatic heterocycles. The van der Waals surface area contributed by atoms with E-state index in [0.29, 0.717) is 35.4 Å². The topological polar surface area (TPSA) is 65.0 Å². The van der Waals surface area contributed by atoms with Gasteiger partial charge in [-0.3, -0.25) is 4.79 Å². The van der Waals surface area contributed by atoms with Crippen LogP contribution in [0.1, 0.15) is 18.4 Å². The average Bonchev–Trinajstić information content (AvgIpc) is 2.43. The number of hydrogen-bond acceptors (Lipinski definition) is 5. The Balaban J connectivity index is 2.64. The molecule has 0 aromatic heterocycles. The SMILES string of the molecule is COC(=O)CCCOc1c(Br)cc(CO)cc1OC. The van der Waals surface area contributed by atoms with E-state index in [2.05, 4.69) is 20.7 Å². The van der Waals surface area contributed by atoms with Gasteiger partial charge in [0.2, 0.25) is 0 Å². The molecule has 0 bridgehead atoms. The number of ether oxygens (including phenoxy) is 3. The molecule has 0 aliphatic carbocycles. The molecule has 1 N–H and O–H groups in total. The number of aliphatic hydroxyl groups is 1. The van der Waals surface area contributed by atoms with Crippen LogP contribution in [-0.2, 0) is 16.1 Å². The fourth-order valence-corrected chi connectivity index (χ4v) is 2.10. The predicted octanol–water partition coefficient (Wildman–Crippen LogP) is 2.28. The van der Waals surface area contributed by atoms with E-state index in [0.717, 1.165) is 5.56 Å². The zero-order valence-corrected chi connectivity index (χ0v) is 12.5. The first-order valence-electron chi connectivity index (χ1n) is 5.79. The Kier molecular flexibility index (Phi) is 6.66. The summed E-state index contributed by atoms with van der Waals surface area (Å²) < 4.78 is 16.1. The van der Waals surface area contributed by atoms with E-state index >= 15 is 0 Å². The Hall–Kier alpha value is -1.27. The van der Waals surface area contributed by atoms with Crippen LogP contribution >= 0.6 is 15.9 Å². The van der Waals surface area contributed by atoms with Crippen molar-refractivity contribution in [2.45, 2.75) is 19.4 Å². The third-order valence-corrected chi connectivity index (χ3v) is 3.06. The predicted molar refractivity (Wildman–Crippen MR) is 73.4 cm³/mol. The average molecular weight is 333 g/mol. The summed E-state index contributed by atoms with van der Waals surface area (Å²) in [5.74, 6) is 0.839. The molecule has 0 saturated heterocycles. The molecule has 0 saturated carbocycles. The first-order valence-corrected chi connectivity index (χ1v) is 6.58. The summed E-state index contributed by atoms with van der Waals surface area (Å²) in [6.45, 7) is 0.306. The Morgan fingerprint density at radius 1 is 1.37 bits per heavy atom. The van der Waals surface area contributed by atoms with Gasteiger partial charge in [-0.25, -0.2) is 0 Å². The van der Waals surface area contributed by atoms with Gasteiger partial charge in [-0.2, -0.15) is 0 Å². The molecule has 1 aromatic rings. The molecular weight excluding hydrogens is 316 g/mol. The number of benzene rings is 1. The summed E-state index contributed by atoms with van der Waals surface area (Å²) in [7, 11) is 2.89. The number of hydrogen-bond donors (Lipinski definition) is 1. The van der Waals surface area contributed by atoms with Crippen LogP contribution in [-0.4, -0.2) is 31.9 Å². The molecule has 1 rings (SSSR count). The van der Waals surface area contributed by atoms with E-state index in [1.165, 1.54) is 14.2 Å². The molecule has 0 spiro atoms. The fraction of sp³-hybridized carbons (Fsp3) is 0.462. The Labute approximate surface area is 120 Å². The zero-order chi connectivity index (χ0) is 14.3. The molecule has 0 atom stereocenters. The molecule has 6 heteroatoms. The Morgan fingerprint density at radius 2 is 2.11 bits per heavy atom. The van der Waals surface area contributed by atoms with E-state index in [4.69, 9.17) is 14.6 Å². The van der Waals surface area contributed by atoms with Crippen LogP contribution in [0, 0.1) is 0 Å². The van der Waals surface area contributed by atoms with Gasteiger partial charge in [0, 0.05) is 6.42 Å². The molecule has 0 aliphatic rings. The molecule has 0 heterocycles. The third-order valence-electron chi connectivity index (χ3n) is 2.47. The lowest BCUT2D eigenvalue weighted by atomic mass is 10.2. The van der Waals surface area contributed by atoms with Crippen LogP contribution in [0.5, 0.6) is 11.5 Å². The van der Waals surface area contributed by atoms with E-state index in [9.17, 15) is 4.79 Å². The second kappa shape index (κ2) is 8.01. The highest BCUT2D eigenvalue weighted by Crippen LogP contribution is 2.36. The van der Waals surface area contributed by atoms with Gasteiger partial charge in [-0.1, -0.05) is 0 Å². The molecule has 0 fully saturated rings. The van der Waals surface area contributed by atoms with Crippen molar-refractivity contribution in [2.24, 2.45) is 0 Å². The maximum Gasteiger partial charge on any atom is 0.305 e. The molecular formula is C13H17BrO5. The number of halogens is 1. The second-order valence-electron chi connectivity index (χ2n) is 3.80. The maximum absolute atomic E-state index is 11.0. The largest absolute Gasteiger partial charge is 0.493 e. The van der Waals surface area contributed by atoms with Crippen molar-refractivity contribution in [1.82, 2.24) is 0 Å². The number of methoxy groups -OCH3 is 2. The molecule has 5 nitrogen and oxygen atoms in total. The number of aliphatic hydroxyl groups excluding tert-OH is 1. The van der Waals surface area contributed by atoms with Gasteiger partial charge in [-0.15, -0.1) is 0 Å². The number of esters is 1. The Bertz CT molecular complexity index is 433. The lowest BCUT2D eigenvalue weighted by Gasteiger charge is -2.13. The van der Waals surface area contributed by atoms with Crippen molar-refractivity contribution in [3.05, 3.63) is 22.2 Å².